The Morgan fingerprint density at radius 3 is 2.46 bits per heavy atom. The van der Waals surface area contributed by atoms with Crippen LogP contribution in [0.3, 0.4) is 0 Å². The molecular weight excluding hydrogens is 344 g/mol. The lowest BCUT2D eigenvalue weighted by Crippen LogP contribution is -2.42. The van der Waals surface area contributed by atoms with Crippen LogP contribution in [-0.2, 0) is 9.59 Å². The van der Waals surface area contributed by atoms with Gasteiger partial charge >= 0.3 is 0 Å². The van der Waals surface area contributed by atoms with Crippen molar-refractivity contribution < 1.29 is 23.2 Å². The molecule has 0 radical (unpaired) electrons. The van der Waals surface area contributed by atoms with Crippen molar-refractivity contribution in [1.82, 2.24) is 15.5 Å². The Bertz CT molecular complexity index is 651. The van der Waals surface area contributed by atoms with Crippen LogP contribution in [0.15, 0.2) is 18.2 Å². The maximum atomic E-state index is 13.5. The van der Waals surface area contributed by atoms with Crippen LogP contribution in [0.5, 0.6) is 0 Å². The Morgan fingerprint density at radius 2 is 1.88 bits per heavy atom. The molecule has 0 spiro atoms. The number of hydrogen-bond acceptors (Lipinski definition) is 3. The molecule has 0 heterocycles. The van der Waals surface area contributed by atoms with Crippen molar-refractivity contribution >= 4 is 17.7 Å². The molecule has 1 rings (SSSR count). The summed E-state index contributed by atoms with van der Waals surface area (Å²) >= 11 is 0. The monoisotopic (exact) mass is 369 g/mol. The lowest BCUT2D eigenvalue weighted by molar-refractivity contribution is -0.136. The molecule has 6 nitrogen and oxygen atoms in total. The van der Waals surface area contributed by atoms with Crippen molar-refractivity contribution in [1.29, 1.82) is 0 Å². The number of likely N-dealkylation sites (N-methyl/N-ethyl adjacent to an activating group) is 1. The highest BCUT2D eigenvalue weighted by molar-refractivity contribution is 5.94. The molecule has 0 aromatic heterocycles. The molecule has 0 fully saturated rings. The number of nitrogens with zero attached hydrogens (tertiary/aromatic N) is 1. The third-order valence-corrected chi connectivity index (χ3v) is 3.55. The fourth-order valence-corrected chi connectivity index (χ4v) is 2.29. The van der Waals surface area contributed by atoms with Gasteiger partial charge in [0.2, 0.25) is 11.8 Å². The Kier molecular flexibility index (Phi) is 8.67. The van der Waals surface area contributed by atoms with E-state index < -0.39 is 17.5 Å². The van der Waals surface area contributed by atoms with E-state index in [1.807, 2.05) is 13.8 Å². The lowest BCUT2D eigenvalue weighted by atomic mass is 10.2. The van der Waals surface area contributed by atoms with Crippen molar-refractivity contribution in [3.8, 4) is 0 Å². The molecule has 0 atom stereocenters. The predicted octanol–water partition coefficient (Wildman–Crippen LogP) is 1.85. The van der Waals surface area contributed by atoms with Crippen LogP contribution in [0.25, 0.3) is 0 Å². The fraction of sp³-hybridized carbons (Fsp3) is 0.500. The summed E-state index contributed by atoms with van der Waals surface area (Å²) in [6, 6.07) is 2.71. The molecule has 0 aliphatic carbocycles. The van der Waals surface area contributed by atoms with Gasteiger partial charge in [0.05, 0.1) is 12.1 Å². The molecule has 144 valence electrons. The molecule has 1 aromatic rings. The van der Waals surface area contributed by atoms with Gasteiger partial charge in [-0.1, -0.05) is 0 Å². The highest BCUT2D eigenvalue weighted by atomic mass is 19.1. The first-order chi connectivity index (χ1) is 12.2. The van der Waals surface area contributed by atoms with Crippen molar-refractivity contribution in [3.63, 3.8) is 0 Å². The first kappa shape index (κ1) is 21.5. The van der Waals surface area contributed by atoms with Gasteiger partial charge in [0.25, 0.3) is 5.91 Å². The Balaban J connectivity index is 2.40. The molecule has 8 heteroatoms. The summed E-state index contributed by atoms with van der Waals surface area (Å²) in [6.07, 6.45) is 0.491. The zero-order valence-corrected chi connectivity index (χ0v) is 15.3. The van der Waals surface area contributed by atoms with Crippen LogP contribution in [0.4, 0.5) is 8.78 Å². The number of nitrogens with one attached hydrogen (secondary N) is 2. The quantitative estimate of drug-likeness (QED) is 0.652. The van der Waals surface area contributed by atoms with Crippen LogP contribution in [0.2, 0.25) is 0 Å². The van der Waals surface area contributed by atoms with Gasteiger partial charge in [-0.25, -0.2) is 8.78 Å². The number of halogens is 2. The second-order valence-corrected chi connectivity index (χ2v) is 6.11. The third-order valence-electron chi connectivity index (χ3n) is 3.55. The standard InChI is InChI=1S/C18H25F2N3O3/c1-4-23(11-16(24)22-12(2)3)17(25)6-5-9-21-18(26)14-8-7-13(19)10-15(14)20/h7-8,10,12H,4-6,9,11H2,1-3H3,(H,21,26)(H,22,24). The molecule has 1 aromatic carbocycles. The highest BCUT2D eigenvalue weighted by Crippen LogP contribution is 2.09. The molecule has 0 aliphatic rings. The van der Waals surface area contributed by atoms with E-state index in [2.05, 4.69) is 10.6 Å². The molecule has 0 saturated heterocycles. The Hall–Kier alpha value is -2.51. The molecular formula is C18H25F2N3O3. The van der Waals surface area contributed by atoms with Crippen molar-refractivity contribution in [2.75, 3.05) is 19.6 Å². The summed E-state index contributed by atoms with van der Waals surface area (Å²) in [6.45, 7) is 6.00. The number of rotatable bonds is 9. The van der Waals surface area contributed by atoms with Gasteiger partial charge in [0, 0.05) is 31.6 Å². The van der Waals surface area contributed by atoms with Crippen LogP contribution < -0.4 is 10.6 Å². The summed E-state index contributed by atoms with van der Waals surface area (Å²) in [4.78, 5) is 37.1. The largest absolute Gasteiger partial charge is 0.352 e. The van der Waals surface area contributed by atoms with Crippen LogP contribution in [-0.4, -0.2) is 48.3 Å². The smallest absolute Gasteiger partial charge is 0.254 e. The van der Waals surface area contributed by atoms with Crippen molar-refractivity contribution in [2.45, 2.75) is 39.7 Å². The topological polar surface area (TPSA) is 78.5 Å². The van der Waals surface area contributed by atoms with Gasteiger partial charge in [-0.3, -0.25) is 14.4 Å². The number of amides is 3. The van der Waals surface area contributed by atoms with Crippen LogP contribution in [0, 0.1) is 11.6 Å². The van der Waals surface area contributed by atoms with Crippen LogP contribution in [0.1, 0.15) is 44.0 Å². The second-order valence-electron chi connectivity index (χ2n) is 6.11. The highest BCUT2D eigenvalue weighted by Gasteiger charge is 2.16. The summed E-state index contributed by atoms with van der Waals surface area (Å²) in [7, 11) is 0. The van der Waals surface area contributed by atoms with E-state index in [1.165, 1.54) is 4.90 Å². The number of carbonyl (C=O) groups is 3. The number of benzene rings is 1. The minimum absolute atomic E-state index is 0.00150. The molecule has 0 saturated carbocycles. The molecule has 0 bridgehead atoms. The average molecular weight is 369 g/mol. The molecule has 2 N–H and O–H groups in total. The minimum atomic E-state index is -0.938. The van der Waals surface area contributed by atoms with E-state index in [4.69, 9.17) is 0 Å². The molecule has 0 aliphatic heterocycles. The average Bonchev–Trinajstić information content (AvgIpc) is 2.55. The minimum Gasteiger partial charge on any atom is -0.352 e. The maximum absolute atomic E-state index is 13.5. The Labute approximate surface area is 151 Å². The van der Waals surface area contributed by atoms with Crippen molar-refractivity contribution in [2.24, 2.45) is 0 Å². The molecule has 3 amide bonds. The summed E-state index contributed by atoms with van der Waals surface area (Å²) in [5.41, 5.74) is -0.252. The van der Waals surface area contributed by atoms with Gasteiger partial charge in [-0.05, 0) is 39.3 Å². The normalized spacial score (nSPS) is 10.5. The van der Waals surface area contributed by atoms with Gasteiger partial charge < -0.3 is 15.5 Å². The second kappa shape index (κ2) is 10.5. The third kappa shape index (κ3) is 7.16. The van der Waals surface area contributed by atoms with Gasteiger partial charge in [0.15, 0.2) is 0 Å². The SMILES string of the molecule is CCN(CC(=O)NC(C)C)C(=O)CCCNC(=O)c1ccc(F)cc1F. The fourth-order valence-electron chi connectivity index (χ4n) is 2.29. The van der Waals surface area contributed by atoms with Crippen LogP contribution >= 0.6 is 0 Å². The number of carbonyl (C=O) groups excluding carboxylic acids is 3. The number of hydrogen-bond donors (Lipinski definition) is 2. The van der Waals surface area contributed by atoms with Gasteiger partial charge in [0.1, 0.15) is 11.6 Å². The van der Waals surface area contributed by atoms with E-state index in [0.29, 0.717) is 19.0 Å². The first-order valence-corrected chi connectivity index (χ1v) is 8.55. The Morgan fingerprint density at radius 1 is 1.19 bits per heavy atom. The van der Waals surface area contributed by atoms with E-state index in [0.717, 1.165) is 12.1 Å². The predicted molar refractivity (Wildman–Crippen MR) is 93.5 cm³/mol. The molecule has 26 heavy (non-hydrogen) atoms. The van der Waals surface area contributed by atoms with E-state index in [-0.39, 0.29) is 42.9 Å². The summed E-state index contributed by atoms with van der Waals surface area (Å²) in [5.74, 6) is -2.79. The zero-order chi connectivity index (χ0) is 19.7. The van der Waals surface area contributed by atoms with E-state index in [9.17, 15) is 23.2 Å². The maximum Gasteiger partial charge on any atom is 0.254 e. The first-order valence-electron chi connectivity index (χ1n) is 8.55. The van der Waals surface area contributed by atoms with Gasteiger partial charge in [-0.15, -0.1) is 0 Å². The molecule has 0 unspecified atom stereocenters. The lowest BCUT2D eigenvalue weighted by Gasteiger charge is -2.21. The van der Waals surface area contributed by atoms with Crippen molar-refractivity contribution in [3.05, 3.63) is 35.4 Å². The zero-order valence-electron chi connectivity index (χ0n) is 15.3. The van der Waals surface area contributed by atoms with Gasteiger partial charge in [-0.2, -0.15) is 0 Å². The van der Waals surface area contributed by atoms with E-state index in [1.54, 1.807) is 6.92 Å². The van der Waals surface area contributed by atoms with E-state index >= 15 is 0 Å². The summed E-state index contributed by atoms with van der Waals surface area (Å²) < 4.78 is 26.3. The summed E-state index contributed by atoms with van der Waals surface area (Å²) in [5, 5.41) is 5.21.